The molecule has 1 heterocycles. The van der Waals surface area contributed by atoms with Crippen LogP contribution in [0.4, 0.5) is 5.69 Å². The molecule has 2 amide bonds. The van der Waals surface area contributed by atoms with Crippen LogP contribution in [0.3, 0.4) is 0 Å². The summed E-state index contributed by atoms with van der Waals surface area (Å²) in [5.74, 6) is -0.528. The molecule has 0 aromatic heterocycles. The second-order valence-electron chi connectivity index (χ2n) is 5.36. The van der Waals surface area contributed by atoms with E-state index in [0.717, 1.165) is 25.9 Å². The van der Waals surface area contributed by atoms with Crippen molar-refractivity contribution < 1.29 is 14.3 Å². The molecular formula is C15H22ClN3O3. The summed E-state index contributed by atoms with van der Waals surface area (Å²) in [5, 5.41) is 6.15. The number of nitrogens with two attached hydrogens (primary N) is 1. The minimum Gasteiger partial charge on any atom is -0.384 e. The van der Waals surface area contributed by atoms with E-state index >= 15 is 0 Å². The maximum Gasteiger partial charge on any atom is 0.248 e. The predicted molar refractivity (Wildman–Crippen MR) is 87.3 cm³/mol. The standard InChI is InChI=1S/C15H21N3O3.ClH/c1-21-10-15(6-8-17-9-7-15)14(20)18-12-4-2-11(3-5-12)13(16)19;/h2-5,17H,6-10H2,1H3,(H2,16,19)(H,18,20);1H. The van der Waals surface area contributed by atoms with Gasteiger partial charge >= 0.3 is 0 Å². The van der Waals surface area contributed by atoms with Crippen LogP contribution in [-0.4, -0.2) is 38.6 Å². The van der Waals surface area contributed by atoms with E-state index in [2.05, 4.69) is 10.6 Å². The monoisotopic (exact) mass is 327 g/mol. The van der Waals surface area contributed by atoms with Gasteiger partial charge in [-0.15, -0.1) is 12.4 Å². The lowest BCUT2D eigenvalue weighted by Crippen LogP contribution is -2.47. The van der Waals surface area contributed by atoms with Gasteiger partial charge in [-0.3, -0.25) is 9.59 Å². The minimum absolute atomic E-state index is 0. The number of nitrogens with one attached hydrogen (secondary N) is 2. The average Bonchev–Trinajstić information content (AvgIpc) is 2.49. The Morgan fingerprint density at radius 1 is 1.27 bits per heavy atom. The second-order valence-corrected chi connectivity index (χ2v) is 5.36. The molecular weight excluding hydrogens is 306 g/mol. The third kappa shape index (κ3) is 4.19. The van der Waals surface area contributed by atoms with Crippen LogP contribution in [0.5, 0.6) is 0 Å². The first-order valence-electron chi connectivity index (χ1n) is 6.98. The molecule has 0 atom stereocenters. The molecule has 1 aliphatic heterocycles. The number of carbonyl (C=O) groups is 2. The largest absolute Gasteiger partial charge is 0.384 e. The molecule has 0 radical (unpaired) electrons. The normalized spacial score (nSPS) is 16.4. The molecule has 1 fully saturated rings. The van der Waals surface area contributed by atoms with Crippen molar-refractivity contribution in [3.8, 4) is 0 Å². The fraction of sp³-hybridized carbons (Fsp3) is 0.467. The molecule has 2 rings (SSSR count). The van der Waals surface area contributed by atoms with Crippen molar-refractivity contribution in [3.63, 3.8) is 0 Å². The molecule has 0 unspecified atom stereocenters. The summed E-state index contributed by atoms with van der Waals surface area (Å²) < 4.78 is 5.24. The fourth-order valence-corrected chi connectivity index (χ4v) is 2.60. The summed E-state index contributed by atoms with van der Waals surface area (Å²) in [6.45, 7) is 2.01. The second kappa shape index (κ2) is 8.12. The maximum absolute atomic E-state index is 12.6. The van der Waals surface area contributed by atoms with E-state index < -0.39 is 11.3 Å². The number of methoxy groups -OCH3 is 1. The van der Waals surface area contributed by atoms with Gasteiger partial charge in [-0.05, 0) is 50.2 Å². The van der Waals surface area contributed by atoms with Crippen LogP contribution in [0.25, 0.3) is 0 Å². The molecule has 22 heavy (non-hydrogen) atoms. The zero-order chi connectivity index (χ0) is 15.3. The molecule has 0 spiro atoms. The Bertz CT molecular complexity index is 508. The van der Waals surface area contributed by atoms with Crippen LogP contribution >= 0.6 is 12.4 Å². The van der Waals surface area contributed by atoms with Crippen LogP contribution < -0.4 is 16.4 Å². The smallest absolute Gasteiger partial charge is 0.248 e. The lowest BCUT2D eigenvalue weighted by molar-refractivity contribution is -0.130. The van der Waals surface area contributed by atoms with Gasteiger partial charge in [0.1, 0.15) is 0 Å². The summed E-state index contributed by atoms with van der Waals surface area (Å²) in [6, 6.07) is 6.56. The Hall–Kier alpha value is -1.63. The summed E-state index contributed by atoms with van der Waals surface area (Å²) in [7, 11) is 1.61. The molecule has 4 N–H and O–H groups in total. The Kier molecular flexibility index (Phi) is 6.80. The van der Waals surface area contributed by atoms with E-state index in [1.165, 1.54) is 0 Å². The Balaban J connectivity index is 0.00000242. The van der Waals surface area contributed by atoms with E-state index in [4.69, 9.17) is 10.5 Å². The first-order valence-corrected chi connectivity index (χ1v) is 6.98. The van der Waals surface area contributed by atoms with Gasteiger partial charge in [-0.25, -0.2) is 0 Å². The van der Waals surface area contributed by atoms with Gasteiger partial charge in [0.15, 0.2) is 0 Å². The van der Waals surface area contributed by atoms with Crippen molar-refractivity contribution in [2.45, 2.75) is 12.8 Å². The van der Waals surface area contributed by atoms with Crippen LogP contribution in [0.1, 0.15) is 23.2 Å². The SMILES string of the molecule is COCC1(C(=O)Nc2ccc(C(N)=O)cc2)CCNCC1.Cl. The van der Waals surface area contributed by atoms with Crippen LogP contribution in [0.15, 0.2) is 24.3 Å². The number of anilines is 1. The highest BCUT2D eigenvalue weighted by Gasteiger charge is 2.39. The Morgan fingerprint density at radius 2 is 1.86 bits per heavy atom. The Morgan fingerprint density at radius 3 is 2.36 bits per heavy atom. The minimum atomic E-state index is -0.498. The Labute approximate surface area is 136 Å². The molecule has 1 saturated heterocycles. The summed E-state index contributed by atoms with van der Waals surface area (Å²) in [5.41, 5.74) is 5.77. The van der Waals surface area contributed by atoms with Gasteiger partial charge in [0.05, 0.1) is 12.0 Å². The zero-order valence-electron chi connectivity index (χ0n) is 12.6. The summed E-state index contributed by atoms with van der Waals surface area (Å²) in [4.78, 5) is 23.6. The van der Waals surface area contributed by atoms with Crippen molar-refractivity contribution >= 4 is 29.9 Å². The van der Waals surface area contributed by atoms with Gasteiger partial charge in [0.2, 0.25) is 11.8 Å². The molecule has 1 aromatic rings. The van der Waals surface area contributed by atoms with Gasteiger partial charge < -0.3 is 21.1 Å². The number of hydrogen-bond donors (Lipinski definition) is 3. The molecule has 122 valence electrons. The number of rotatable bonds is 5. The molecule has 7 heteroatoms. The highest BCUT2D eigenvalue weighted by Crippen LogP contribution is 2.30. The molecule has 0 saturated carbocycles. The average molecular weight is 328 g/mol. The lowest BCUT2D eigenvalue weighted by Gasteiger charge is -2.35. The molecule has 0 aliphatic carbocycles. The number of amides is 2. The van der Waals surface area contributed by atoms with Gasteiger partial charge in [-0.2, -0.15) is 0 Å². The number of carbonyl (C=O) groups excluding carboxylic acids is 2. The first-order chi connectivity index (χ1) is 10.1. The topological polar surface area (TPSA) is 93.4 Å². The molecule has 1 aliphatic rings. The van der Waals surface area contributed by atoms with Crippen molar-refractivity contribution in [1.82, 2.24) is 5.32 Å². The van der Waals surface area contributed by atoms with Crippen molar-refractivity contribution in [3.05, 3.63) is 29.8 Å². The number of ether oxygens (including phenoxy) is 1. The lowest BCUT2D eigenvalue weighted by atomic mass is 9.78. The molecule has 1 aromatic carbocycles. The van der Waals surface area contributed by atoms with E-state index in [1.54, 1.807) is 31.4 Å². The third-order valence-corrected chi connectivity index (χ3v) is 3.89. The third-order valence-electron chi connectivity index (χ3n) is 3.89. The number of piperidine rings is 1. The number of hydrogen-bond acceptors (Lipinski definition) is 4. The predicted octanol–water partition coefficient (Wildman–Crippen LogP) is 1.16. The van der Waals surface area contributed by atoms with Gasteiger partial charge in [-0.1, -0.05) is 0 Å². The van der Waals surface area contributed by atoms with E-state index in [9.17, 15) is 9.59 Å². The number of primary amides is 1. The molecule has 0 bridgehead atoms. The fourth-order valence-electron chi connectivity index (χ4n) is 2.60. The van der Waals surface area contributed by atoms with Crippen LogP contribution in [0.2, 0.25) is 0 Å². The van der Waals surface area contributed by atoms with E-state index in [0.29, 0.717) is 17.9 Å². The number of benzene rings is 1. The first kappa shape index (κ1) is 18.4. The summed E-state index contributed by atoms with van der Waals surface area (Å²) in [6.07, 6.45) is 1.48. The summed E-state index contributed by atoms with van der Waals surface area (Å²) >= 11 is 0. The van der Waals surface area contributed by atoms with Crippen LogP contribution in [-0.2, 0) is 9.53 Å². The van der Waals surface area contributed by atoms with Crippen molar-refractivity contribution in [1.29, 1.82) is 0 Å². The highest BCUT2D eigenvalue weighted by atomic mass is 35.5. The number of halogens is 1. The van der Waals surface area contributed by atoms with Crippen LogP contribution in [0, 0.1) is 5.41 Å². The van der Waals surface area contributed by atoms with Gasteiger partial charge in [0, 0.05) is 18.4 Å². The van der Waals surface area contributed by atoms with Gasteiger partial charge in [0.25, 0.3) is 0 Å². The molecule has 6 nitrogen and oxygen atoms in total. The zero-order valence-corrected chi connectivity index (χ0v) is 13.4. The maximum atomic E-state index is 12.6. The van der Waals surface area contributed by atoms with E-state index in [1.807, 2.05) is 0 Å². The quantitative estimate of drug-likeness (QED) is 0.756. The van der Waals surface area contributed by atoms with Crippen molar-refractivity contribution in [2.24, 2.45) is 11.1 Å². The van der Waals surface area contributed by atoms with Crippen molar-refractivity contribution in [2.75, 3.05) is 32.1 Å². The highest BCUT2D eigenvalue weighted by molar-refractivity contribution is 5.97. The van der Waals surface area contributed by atoms with E-state index in [-0.39, 0.29) is 18.3 Å².